The number of methoxy groups -OCH3 is 1. The second-order valence-electron chi connectivity index (χ2n) is 6.87. The first-order valence-electron chi connectivity index (χ1n) is 9.91. The molecule has 30 heavy (non-hydrogen) atoms. The van der Waals surface area contributed by atoms with Crippen molar-refractivity contribution in [3.05, 3.63) is 45.8 Å². The van der Waals surface area contributed by atoms with E-state index in [9.17, 15) is 14.4 Å². The molecular weight excluding hydrogens is 406 g/mol. The highest BCUT2D eigenvalue weighted by molar-refractivity contribution is 7.17. The molecule has 0 bridgehead atoms. The summed E-state index contributed by atoms with van der Waals surface area (Å²) < 4.78 is 15.4. The molecule has 1 aromatic carbocycles. The molecule has 0 fully saturated rings. The summed E-state index contributed by atoms with van der Waals surface area (Å²) in [6.07, 6.45) is 3.78. The number of carbonyl (C=O) groups is 3. The Kier molecular flexibility index (Phi) is 7.46. The Morgan fingerprint density at radius 2 is 1.93 bits per heavy atom. The zero-order chi connectivity index (χ0) is 21.5. The van der Waals surface area contributed by atoms with Crippen molar-refractivity contribution in [3.63, 3.8) is 0 Å². The van der Waals surface area contributed by atoms with Crippen LogP contribution in [-0.2, 0) is 38.3 Å². The van der Waals surface area contributed by atoms with Crippen LogP contribution in [0.25, 0.3) is 0 Å². The molecule has 0 saturated heterocycles. The van der Waals surface area contributed by atoms with E-state index in [1.165, 1.54) is 11.3 Å². The van der Waals surface area contributed by atoms with Crippen molar-refractivity contribution in [2.45, 2.75) is 39.0 Å². The number of anilines is 1. The molecule has 7 nitrogen and oxygen atoms in total. The first-order chi connectivity index (χ1) is 14.5. The zero-order valence-electron chi connectivity index (χ0n) is 17.1. The molecule has 2 aromatic rings. The maximum atomic E-state index is 12.4. The van der Waals surface area contributed by atoms with E-state index in [4.69, 9.17) is 14.2 Å². The molecule has 160 valence electrons. The molecule has 0 aliphatic heterocycles. The highest BCUT2D eigenvalue weighted by Crippen LogP contribution is 2.38. The van der Waals surface area contributed by atoms with Crippen molar-refractivity contribution in [2.75, 3.05) is 25.6 Å². The van der Waals surface area contributed by atoms with Gasteiger partial charge < -0.3 is 19.5 Å². The summed E-state index contributed by atoms with van der Waals surface area (Å²) in [5.41, 5.74) is 2.14. The molecule has 1 amide bonds. The van der Waals surface area contributed by atoms with Gasteiger partial charge >= 0.3 is 11.9 Å². The Labute approximate surface area is 179 Å². The Bertz CT molecular complexity index is 936. The van der Waals surface area contributed by atoms with Crippen LogP contribution in [-0.4, -0.2) is 38.2 Å². The van der Waals surface area contributed by atoms with Crippen LogP contribution in [0.15, 0.2) is 24.3 Å². The van der Waals surface area contributed by atoms with E-state index in [1.54, 1.807) is 38.3 Å². The van der Waals surface area contributed by atoms with Gasteiger partial charge in [0.25, 0.3) is 5.91 Å². The summed E-state index contributed by atoms with van der Waals surface area (Å²) in [6.45, 7) is 1.59. The lowest BCUT2D eigenvalue weighted by Gasteiger charge is -2.12. The third kappa shape index (κ3) is 5.38. The lowest BCUT2D eigenvalue weighted by molar-refractivity contribution is -0.146. The molecule has 1 aromatic heterocycles. The average molecular weight is 432 g/mol. The van der Waals surface area contributed by atoms with Crippen molar-refractivity contribution < 1.29 is 28.6 Å². The number of benzene rings is 1. The van der Waals surface area contributed by atoms with Crippen molar-refractivity contribution in [2.24, 2.45) is 0 Å². The molecular formula is C22H25NO6S. The summed E-state index contributed by atoms with van der Waals surface area (Å²) in [6, 6.07) is 7.09. The molecule has 8 heteroatoms. The summed E-state index contributed by atoms with van der Waals surface area (Å²) >= 11 is 1.40. The number of nitrogens with one attached hydrogen (secondary N) is 1. The number of esters is 2. The lowest BCUT2D eigenvalue weighted by atomic mass is 9.95. The van der Waals surface area contributed by atoms with E-state index < -0.39 is 24.5 Å². The van der Waals surface area contributed by atoms with Crippen LogP contribution in [0.2, 0.25) is 0 Å². The van der Waals surface area contributed by atoms with Gasteiger partial charge in [0.1, 0.15) is 10.8 Å². The van der Waals surface area contributed by atoms with Gasteiger partial charge in [-0.05, 0) is 55.9 Å². The normalized spacial score (nSPS) is 12.6. The average Bonchev–Trinajstić information content (AvgIpc) is 3.10. The fourth-order valence-corrected chi connectivity index (χ4v) is 4.68. The number of aryl methyl sites for hydroxylation is 1. The Balaban J connectivity index is 1.61. The Hall–Kier alpha value is -2.87. The fraction of sp³-hybridized carbons (Fsp3) is 0.409. The van der Waals surface area contributed by atoms with Gasteiger partial charge in [0.2, 0.25) is 0 Å². The molecule has 0 unspecified atom stereocenters. The van der Waals surface area contributed by atoms with Crippen molar-refractivity contribution in [1.82, 2.24) is 0 Å². The van der Waals surface area contributed by atoms with Gasteiger partial charge in [-0.2, -0.15) is 0 Å². The predicted molar refractivity (Wildman–Crippen MR) is 113 cm³/mol. The molecule has 0 atom stereocenters. The largest absolute Gasteiger partial charge is 0.497 e. The third-order valence-corrected chi connectivity index (χ3v) is 5.96. The van der Waals surface area contributed by atoms with Crippen molar-refractivity contribution >= 4 is 34.2 Å². The van der Waals surface area contributed by atoms with Crippen molar-refractivity contribution in [3.8, 4) is 5.75 Å². The van der Waals surface area contributed by atoms with Gasteiger partial charge in [-0.1, -0.05) is 12.1 Å². The van der Waals surface area contributed by atoms with E-state index >= 15 is 0 Å². The van der Waals surface area contributed by atoms with Crippen LogP contribution < -0.4 is 10.1 Å². The van der Waals surface area contributed by atoms with Crippen LogP contribution in [0.5, 0.6) is 5.75 Å². The summed E-state index contributed by atoms with van der Waals surface area (Å²) in [7, 11) is 1.55. The molecule has 0 spiro atoms. The maximum absolute atomic E-state index is 12.4. The number of thiophene rings is 1. The smallest absolute Gasteiger partial charge is 0.341 e. The predicted octanol–water partition coefficient (Wildman–Crippen LogP) is 3.54. The molecule has 1 heterocycles. The highest BCUT2D eigenvalue weighted by Gasteiger charge is 2.27. The minimum atomic E-state index is -0.519. The van der Waals surface area contributed by atoms with E-state index in [2.05, 4.69) is 5.32 Å². The molecule has 3 rings (SSSR count). The van der Waals surface area contributed by atoms with Crippen LogP contribution in [0.1, 0.15) is 46.1 Å². The van der Waals surface area contributed by atoms with Gasteiger partial charge in [-0.25, -0.2) is 4.79 Å². The standard InChI is InChI=1S/C22H25NO6S/c1-3-28-22(26)20-16-9-4-5-10-17(16)30-21(20)23-18(24)13-29-19(25)12-14-7-6-8-15(11-14)27-2/h6-8,11H,3-5,9-10,12-13H2,1-2H3,(H,23,24). The number of hydrogen-bond acceptors (Lipinski definition) is 7. The molecule has 1 aliphatic rings. The number of ether oxygens (including phenoxy) is 3. The van der Waals surface area contributed by atoms with Crippen LogP contribution >= 0.6 is 11.3 Å². The molecule has 0 saturated carbocycles. The molecule has 0 radical (unpaired) electrons. The lowest BCUT2D eigenvalue weighted by Crippen LogP contribution is -2.22. The third-order valence-electron chi connectivity index (χ3n) is 4.75. The Morgan fingerprint density at radius 3 is 2.70 bits per heavy atom. The van der Waals surface area contributed by atoms with E-state index in [0.29, 0.717) is 16.3 Å². The number of amides is 1. The SMILES string of the molecule is CCOC(=O)c1c(NC(=O)COC(=O)Cc2cccc(OC)c2)sc2c1CCCC2. The monoisotopic (exact) mass is 431 g/mol. The van der Waals surface area contributed by atoms with Gasteiger partial charge in [-0.3, -0.25) is 9.59 Å². The number of hydrogen-bond donors (Lipinski definition) is 1. The first-order valence-corrected chi connectivity index (χ1v) is 10.7. The van der Waals surface area contributed by atoms with Crippen molar-refractivity contribution in [1.29, 1.82) is 0 Å². The van der Waals surface area contributed by atoms with Gasteiger partial charge in [0.05, 0.1) is 25.7 Å². The van der Waals surface area contributed by atoms with E-state index in [1.807, 2.05) is 0 Å². The molecule has 1 N–H and O–H groups in total. The minimum Gasteiger partial charge on any atom is -0.497 e. The zero-order valence-corrected chi connectivity index (χ0v) is 17.9. The second kappa shape index (κ2) is 10.2. The quantitative estimate of drug-likeness (QED) is 0.643. The maximum Gasteiger partial charge on any atom is 0.341 e. The van der Waals surface area contributed by atoms with Crippen LogP contribution in [0, 0.1) is 0 Å². The van der Waals surface area contributed by atoms with Crippen LogP contribution in [0.4, 0.5) is 5.00 Å². The number of fused-ring (bicyclic) bond motifs is 1. The Morgan fingerprint density at radius 1 is 1.13 bits per heavy atom. The topological polar surface area (TPSA) is 90.9 Å². The summed E-state index contributed by atoms with van der Waals surface area (Å²) in [5, 5.41) is 3.19. The van der Waals surface area contributed by atoms with Crippen LogP contribution in [0.3, 0.4) is 0 Å². The molecule has 1 aliphatic carbocycles. The minimum absolute atomic E-state index is 0.0336. The highest BCUT2D eigenvalue weighted by atomic mass is 32.1. The fourth-order valence-electron chi connectivity index (χ4n) is 3.38. The summed E-state index contributed by atoms with van der Waals surface area (Å²) in [4.78, 5) is 38.0. The van der Waals surface area contributed by atoms with E-state index in [-0.39, 0.29) is 13.0 Å². The van der Waals surface area contributed by atoms with Gasteiger partial charge in [0.15, 0.2) is 6.61 Å². The van der Waals surface area contributed by atoms with E-state index in [0.717, 1.165) is 41.7 Å². The second-order valence-corrected chi connectivity index (χ2v) is 7.98. The number of carbonyl (C=O) groups excluding carboxylic acids is 3. The van der Waals surface area contributed by atoms with Gasteiger partial charge in [0, 0.05) is 4.88 Å². The number of rotatable bonds is 8. The first kappa shape index (κ1) is 21.8. The van der Waals surface area contributed by atoms with Gasteiger partial charge in [-0.15, -0.1) is 11.3 Å². The summed E-state index contributed by atoms with van der Waals surface area (Å²) in [5.74, 6) is -0.791.